The Morgan fingerprint density at radius 3 is 2.58 bits per heavy atom. The molecule has 0 radical (unpaired) electrons. The molecule has 2 aliphatic rings. The number of hydrogen-bond donors (Lipinski definition) is 1. The van der Waals surface area contributed by atoms with E-state index in [0.29, 0.717) is 18.2 Å². The minimum Gasteiger partial charge on any atom is -0.493 e. The summed E-state index contributed by atoms with van der Waals surface area (Å²) in [7, 11) is 0. The molecule has 0 unspecified atom stereocenters. The minimum absolute atomic E-state index is 0.0408. The number of hydrogen-bond acceptors (Lipinski definition) is 7. The quantitative estimate of drug-likeness (QED) is 0.686. The average Bonchev–Trinajstić information content (AvgIpc) is 3.15. The van der Waals surface area contributed by atoms with E-state index in [-0.39, 0.29) is 18.0 Å². The predicted octanol–water partition coefficient (Wildman–Crippen LogP) is 4.26. The van der Waals surface area contributed by atoms with Crippen LogP contribution in [0.5, 0.6) is 17.4 Å². The highest BCUT2D eigenvalue weighted by molar-refractivity contribution is 5.77. The van der Waals surface area contributed by atoms with Crippen LogP contribution in [0.15, 0.2) is 60.0 Å². The molecular formula is C24H24N4O3. The van der Waals surface area contributed by atoms with Crippen LogP contribution in [0.3, 0.4) is 0 Å². The van der Waals surface area contributed by atoms with Gasteiger partial charge in [0.25, 0.3) is 6.02 Å². The van der Waals surface area contributed by atoms with E-state index in [1.54, 1.807) is 18.6 Å². The lowest BCUT2D eigenvalue weighted by Gasteiger charge is -2.33. The second-order valence-corrected chi connectivity index (χ2v) is 9.02. The Hall–Kier alpha value is -3.61. The zero-order valence-electron chi connectivity index (χ0n) is 17.8. The lowest BCUT2D eigenvalue weighted by Crippen LogP contribution is -2.31. The topological polar surface area (TPSA) is 91.9 Å². The van der Waals surface area contributed by atoms with Crippen molar-refractivity contribution in [2.24, 2.45) is 16.1 Å². The second-order valence-electron chi connectivity index (χ2n) is 9.02. The second kappa shape index (κ2) is 6.97. The fourth-order valence-electron chi connectivity index (χ4n) is 3.80. The molecule has 0 fully saturated rings. The van der Waals surface area contributed by atoms with Gasteiger partial charge in [0.05, 0.1) is 12.2 Å². The van der Waals surface area contributed by atoms with E-state index < -0.39 is 5.54 Å². The zero-order valence-corrected chi connectivity index (χ0v) is 17.8. The first-order valence-electron chi connectivity index (χ1n) is 10.2. The number of aromatic nitrogens is 2. The van der Waals surface area contributed by atoms with Crippen molar-refractivity contribution in [3.05, 3.63) is 66.1 Å². The molecule has 0 saturated carbocycles. The number of amidine groups is 1. The summed E-state index contributed by atoms with van der Waals surface area (Å²) in [4.78, 5) is 13.4. The van der Waals surface area contributed by atoms with Gasteiger partial charge < -0.3 is 19.9 Å². The molecule has 4 heterocycles. The van der Waals surface area contributed by atoms with E-state index in [4.69, 9.17) is 24.9 Å². The highest BCUT2D eigenvalue weighted by Crippen LogP contribution is 2.51. The van der Waals surface area contributed by atoms with Crippen molar-refractivity contribution in [2.75, 3.05) is 13.2 Å². The number of benzene rings is 1. The van der Waals surface area contributed by atoms with E-state index in [0.717, 1.165) is 28.0 Å². The van der Waals surface area contributed by atoms with E-state index in [1.165, 1.54) is 0 Å². The SMILES string of the molecule is CC(C)(C)COc1ccc2c(c1)[C@@]1(COC(N)=N1)c1cc(-c3ccncc3)cnc1O2. The Morgan fingerprint density at radius 2 is 1.87 bits per heavy atom. The third kappa shape index (κ3) is 3.46. The van der Waals surface area contributed by atoms with Crippen LogP contribution in [-0.2, 0) is 10.3 Å². The van der Waals surface area contributed by atoms with E-state index in [1.807, 2.05) is 36.4 Å². The molecule has 0 bridgehead atoms. The largest absolute Gasteiger partial charge is 0.493 e. The van der Waals surface area contributed by atoms with Gasteiger partial charge in [-0.25, -0.2) is 9.98 Å². The maximum atomic E-state index is 6.15. The van der Waals surface area contributed by atoms with Gasteiger partial charge in [0.15, 0.2) is 5.54 Å². The fraction of sp³-hybridized carbons (Fsp3) is 0.292. The van der Waals surface area contributed by atoms with E-state index in [2.05, 4.69) is 30.7 Å². The maximum absolute atomic E-state index is 6.15. The first kappa shape index (κ1) is 19.4. The standard InChI is InChI=1S/C24H24N4O3/c1-23(2,3)13-29-17-4-5-20-18(11-17)24(14-30-22(25)28-24)19-10-16(12-27-21(19)31-20)15-6-8-26-9-7-15/h4-12H,13-14H2,1-3H3,(H2,25,28)/t24-/m0/s1. The van der Waals surface area contributed by atoms with Crippen LogP contribution in [0, 0.1) is 5.41 Å². The van der Waals surface area contributed by atoms with Crippen LogP contribution in [0.4, 0.5) is 0 Å². The van der Waals surface area contributed by atoms with Gasteiger partial charge in [-0.05, 0) is 47.4 Å². The third-order valence-corrected chi connectivity index (χ3v) is 5.32. The third-order valence-electron chi connectivity index (χ3n) is 5.32. The van der Waals surface area contributed by atoms with Crippen molar-refractivity contribution in [3.8, 4) is 28.5 Å². The molecule has 31 heavy (non-hydrogen) atoms. The Morgan fingerprint density at radius 1 is 1.06 bits per heavy atom. The van der Waals surface area contributed by atoms with E-state index in [9.17, 15) is 0 Å². The first-order valence-corrected chi connectivity index (χ1v) is 10.2. The van der Waals surface area contributed by atoms with Gasteiger partial charge in [-0.15, -0.1) is 0 Å². The summed E-state index contributed by atoms with van der Waals surface area (Å²) in [5.41, 5.74) is 8.78. The van der Waals surface area contributed by atoms with Crippen molar-refractivity contribution in [1.82, 2.24) is 9.97 Å². The number of nitrogens with zero attached hydrogens (tertiary/aromatic N) is 3. The summed E-state index contributed by atoms with van der Waals surface area (Å²) in [6.45, 7) is 7.26. The summed E-state index contributed by atoms with van der Waals surface area (Å²) >= 11 is 0. The summed E-state index contributed by atoms with van der Waals surface area (Å²) in [5, 5.41) is 0. The molecule has 0 amide bonds. The average molecular weight is 416 g/mol. The summed E-state index contributed by atoms with van der Waals surface area (Å²) < 4.78 is 17.8. The lowest BCUT2D eigenvalue weighted by molar-refractivity contribution is 0.197. The molecule has 0 saturated heterocycles. The molecule has 2 N–H and O–H groups in total. The van der Waals surface area contributed by atoms with Crippen molar-refractivity contribution in [2.45, 2.75) is 26.3 Å². The van der Waals surface area contributed by atoms with Crippen molar-refractivity contribution in [3.63, 3.8) is 0 Å². The van der Waals surface area contributed by atoms with Crippen LogP contribution >= 0.6 is 0 Å². The molecule has 7 heteroatoms. The van der Waals surface area contributed by atoms with Gasteiger partial charge in [-0.1, -0.05) is 20.8 Å². The number of pyridine rings is 2. The first-order chi connectivity index (χ1) is 14.8. The van der Waals surface area contributed by atoms with Crippen LogP contribution in [-0.4, -0.2) is 29.2 Å². The van der Waals surface area contributed by atoms with Crippen molar-refractivity contribution >= 4 is 6.02 Å². The molecule has 1 aromatic carbocycles. The Kier molecular flexibility index (Phi) is 4.36. The molecule has 158 valence electrons. The molecule has 2 aliphatic heterocycles. The van der Waals surface area contributed by atoms with Crippen LogP contribution < -0.4 is 15.2 Å². The van der Waals surface area contributed by atoms with Gasteiger partial charge >= 0.3 is 0 Å². The minimum atomic E-state index is -0.843. The molecular weight excluding hydrogens is 392 g/mol. The van der Waals surface area contributed by atoms with Gasteiger partial charge in [0.1, 0.15) is 18.1 Å². The number of ether oxygens (including phenoxy) is 3. The highest BCUT2D eigenvalue weighted by Gasteiger charge is 2.48. The normalized spacial score (nSPS) is 19.1. The molecule has 1 atom stereocenters. The summed E-state index contributed by atoms with van der Waals surface area (Å²) in [5.74, 6) is 1.91. The van der Waals surface area contributed by atoms with Gasteiger partial charge in [-0.3, -0.25) is 4.98 Å². The molecule has 1 spiro atoms. The van der Waals surface area contributed by atoms with Crippen LogP contribution in [0.1, 0.15) is 31.9 Å². The maximum Gasteiger partial charge on any atom is 0.283 e. The van der Waals surface area contributed by atoms with Crippen molar-refractivity contribution < 1.29 is 14.2 Å². The lowest BCUT2D eigenvalue weighted by atomic mass is 9.81. The molecule has 2 aromatic heterocycles. The van der Waals surface area contributed by atoms with Crippen molar-refractivity contribution in [1.29, 1.82) is 0 Å². The Labute approximate surface area is 180 Å². The number of fused-ring (bicyclic) bond motifs is 4. The molecule has 5 rings (SSSR count). The van der Waals surface area contributed by atoms with Crippen LogP contribution in [0.2, 0.25) is 0 Å². The van der Waals surface area contributed by atoms with E-state index >= 15 is 0 Å². The highest BCUT2D eigenvalue weighted by atomic mass is 16.5. The number of nitrogens with two attached hydrogens (primary N) is 1. The summed E-state index contributed by atoms with van der Waals surface area (Å²) in [6.07, 6.45) is 5.30. The van der Waals surface area contributed by atoms with Gasteiger partial charge in [0, 0.05) is 29.7 Å². The molecule has 3 aromatic rings. The number of rotatable bonds is 3. The monoisotopic (exact) mass is 416 g/mol. The smallest absolute Gasteiger partial charge is 0.283 e. The van der Waals surface area contributed by atoms with Gasteiger partial charge in [0.2, 0.25) is 5.88 Å². The zero-order chi connectivity index (χ0) is 21.6. The fourth-order valence-corrected chi connectivity index (χ4v) is 3.80. The summed E-state index contributed by atoms with van der Waals surface area (Å²) in [6, 6.07) is 11.8. The van der Waals surface area contributed by atoms with Gasteiger partial charge in [-0.2, -0.15) is 0 Å². The molecule has 0 aliphatic carbocycles. The molecule has 7 nitrogen and oxygen atoms in total. The predicted molar refractivity (Wildman–Crippen MR) is 117 cm³/mol. The Balaban J connectivity index is 1.63. The number of aliphatic imine (C=N–C) groups is 1. The Bertz CT molecular complexity index is 1170. The van der Waals surface area contributed by atoms with Crippen LogP contribution in [0.25, 0.3) is 11.1 Å².